The number of aliphatic hydroxyl groups excluding tert-OH is 1. The molecule has 3 atom stereocenters. The van der Waals surface area contributed by atoms with Gasteiger partial charge in [-0.15, -0.1) is 0 Å². The van der Waals surface area contributed by atoms with Crippen LogP contribution in [0.3, 0.4) is 0 Å². The Kier molecular flexibility index (Phi) is 4.84. The zero-order chi connectivity index (χ0) is 19.3. The second kappa shape index (κ2) is 7.34. The molecule has 0 spiro atoms. The van der Waals surface area contributed by atoms with Gasteiger partial charge >= 0.3 is 0 Å². The highest BCUT2D eigenvalue weighted by atomic mass is 16.5. The molecule has 0 unspecified atom stereocenters. The fraction of sp³-hybridized carbons (Fsp3) is 0.696. The minimum atomic E-state index is -0.214. The van der Waals surface area contributed by atoms with Crippen LogP contribution in [0, 0.1) is 11.8 Å². The number of nitrogens with zero attached hydrogens (tertiary/aromatic N) is 2. The van der Waals surface area contributed by atoms with E-state index in [9.17, 15) is 9.90 Å². The van der Waals surface area contributed by atoms with E-state index in [0.29, 0.717) is 29.8 Å². The third kappa shape index (κ3) is 2.94. The lowest BCUT2D eigenvalue weighted by molar-refractivity contribution is -0.142. The number of aliphatic hydroxyl groups is 1. The van der Waals surface area contributed by atoms with E-state index < -0.39 is 0 Å². The normalized spacial score (nSPS) is 39.6. The van der Waals surface area contributed by atoms with Gasteiger partial charge in [0.15, 0.2) is 0 Å². The van der Waals surface area contributed by atoms with Gasteiger partial charge in [-0.1, -0.05) is 18.2 Å². The monoisotopic (exact) mass is 384 g/mol. The average Bonchev–Trinajstić information content (AvgIpc) is 3.17. The summed E-state index contributed by atoms with van der Waals surface area (Å²) in [6.45, 7) is 3.13. The van der Waals surface area contributed by atoms with Gasteiger partial charge in [0.2, 0.25) is 5.91 Å². The van der Waals surface area contributed by atoms with E-state index in [4.69, 9.17) is 4.74 Å². The molecule has 5 aliphatic rings. The van der Waals surface area contributed by atoms with Gasteiger partial charge in [-0.05, 0) is 63.6 Å². The van der Waals surface area contributed by atoms with E-state index >= 15 is 0 Å². The molecule has 4 aliphatic heterocycles. The van der Waals surface area contributed by atoms with E-state index in [1.807, 2.05) is 12.1 Å². The topological polar surface area (TPSA) is 53.0 Å². The molecule has 1 aliphatic carbocycles. The van der Waals surface area contributed by atoms with E-state index in [-0.39, 0.29) is 12.0 Å². The highest BCUT2D eigenvalue weighted by Crippen LogP contribution is 2.48. The Hall–Kier alpha value is -1.59. The first-order valence-corrected chi connectivity index (χ1v) is 11.0. The minimum Gasteiger partial charge on any atom is -0.496 e. The number of piperidine rings is 3. The Labute approximate surface area is 167 Å². The van der Waals surface area contributed by atoms with Crippen molar-refractivity contribution in [2.75, 3.05) is 26.7 Å². The number of hydrogen-bond acceptors (Lipinski definition) is 4. The second-order valence-corrected chi connectivity index (χ2v) is 9.20. The predicted molar refractivity (Wildman–Crippen MR) is 107 cm³/mol. The standard InChI is InChI=1S/C23H32N2O3/c1-28-20-5-3-2-4-18(20)19-14-25(23(27)16-6-8-17(26)9-7-16)21-15-10-12-24(13-11-15)22(19)21/h2-5,15-17,19,21-22,26H,6-14H2,1H3/t16?,17?,19-,21-,22-/m1/s1. The first-order valence-electron chi connectivity index (χ1n) is 11.0. The van der Waals surface area contributed by atoms with Crippen molar-refractivity contribution in [3.63, 3.8) is 0 Å². The first-order chi connectivity index (χ1) is 13.7. The van der Waals surface area contributed by atoms with Crippen molar-refractivity contribution >= 4 is 5.91 Å². The zero-order valence-corrected chi connectivity index (χ0v) is 16.8. The number of carbonyl (C=O) groups is 1. The van der Waals surface area contributed by atoms with Crippen molar-refractivity contribution in [3.8, 4) is 5.75 Å². The number of likely N-dealkylation sites (tertiary alicyclic amines) is 1. The number of carbonyl (C=O) groups excluding carboxylic acids is 1. The number of methoxy groups -OCH3 is 1. The summed E-state index contributed by atoms with van der Waals surface area (Å²) in [5.41, 5.74) is 1.25. The molecule has 4 saturated heterocycles. The van der Waals surface area contributed by atoms with E-state index in [2.05, 4.69) is 21.9 Å². The number of ether oxygens (including phenoxy) is 1. The summed E-state index contributed by atoms with van der Waals surface area (Å²) >= 11 is 0. The van der Waals surface area contributed by atoms with Crippen LogP contribution in [-0.4, -0.2) is 65.7 Å². The smallest absolute Gasteiger partial charge is 0.226 e. The summed E-state index contributed by atoms with van der Waals surface area (Å²) < 4.78 is 5.69. The molecule has 4 heterocycles. The predicted octanol–water partition coefficient (Wildman–Crippen LogP) is 2.63. The van der Waals surface area contributed by atoms with Crippen molar-refractivity contribution in [1.29, 1.82) is 0 Å². The van der Waals surface area contributed by atoms with Gasteiger partial charge in [-0.3, -0.25) is 9.69 Å². The molecule has 152 valence electrons. The van der Waals surface area contributed by atoms with Gasteiger partial charge in [0.05, 0.1) is 19.3 Å². The summed E-state index contributed by atoms with van der Waals surface area (Å²) in [6.07, 6.45) is 5.42. The Bertz CT molecular complexity index is 722. The third-order valence-corrected chi connectivity index (χ3v) is 7.86. The van der Waals surface area contributed by atoms with E-state index in [1.165, 1.54) is 18.4 Å². The van der Waals surface area contributed by atoms with Crippen LogP contribution >= 0.6 is 0 Å². The summed E-state index contributed by atoms with van der Waals surface area (Å²) in [6, 6.07) is 9.12. The molecular formula is C23H32N2O3. The van der Waals surface area contributed by atoms with Crippen molar-refractivity contribution in [2.45, 2.75) is 62.6 Å². The fourth-order valence-corrected chi connectivity index (χ4v) is 6.48. The van der Waals surface area contributed by atoms with Gasteiger partial charge in [0.25, 0.3) is 0 Å². The SMILES string of the molecule is COc1ccccc1[C@H]1CN(C(=O)C2CCC(O)CC2)[C@@H]2C3CCN(CC3)[C@H]12. The third-order valence-electron chi connectivity index (χ3n) is 7.86. The van der Waals surface area contributed by atoms with Crippen molar-refractivity contribution in [3.05, 3.63) is 29.8 Å². The molecular weight excluding hydrogens is 352 g/mol. The van der Waals surface area contributed by atoms with Crippen LogP contribution in [0.25, 0.3) is 0 Å². The highest BCUT2D eigenvalue weighted by molar-refractivity contribution is 5.80. The maximum Gasteiger partial charge on any atom is 0.226 e. The molecule has 1 aromatic carbocycles. The van der Waals surface area contributed by atoms with Gasteiger partial charge in [-0.25, -0.2) is 0 Å². The maximum atomic E-state index is 13.6. The lowest BCUT2D eigenvalue weighted by Gasteiger charge is -2.51. The average molecular weight is 385 g/mol. The molecule has 5 fully saturated rings. The van der Waals surface area contributed by atoms with Gasteiger partial charge in [0.1, 0.15) is 5.75 Å². The van der Waals surface area contributed by atoms with E-state index in [0.717, 1.165) is 51.1 Å². The van der Waals surface area contributed by atoms with Crippen LogP contribution in [0.2, 0.25) is 0 Å². The molecule has 1 aromatic rings. The summed E-state index contributed by atoms with van der Waals surface area (Å²) in [5.74, 6) is 2.34. The number of benzene rings is 1. The quantitative estimate of drug-likeness (QED) is 0.871. The van der Waals surface area contributed by atoms with Crippen molar-refractivity contribution in [2.24, 2.45) is 11.8 Å². The lowest BCUT2D eigenvalue weighted by atomic mass is 9.75. The molecule has 5 nitrogen and oxygen atoms in total. The van der Waals surface area contributed by atoms with Crippen molar-refractivity contribution < 1.29 is 14.6 Å². The molecule has 2 bridgehead atoms. The number of amides is 1. The zero-order valence-electron chi connectivity index (χ0n) is 16.8. The second-order valence-electron chi connectivity index (χ2n) is 9.20. The largest absolute Gasteiger partial charge is 0.496 e. The Morgan fingerprint density at radius 2 is 1.75 bits per heavy atom. The molecule has 1 N–H and O–H groups in total. The Balaban J connectivity index is 1.46. The number of para-hydroxylation sites is 1. The van der Waals surface area contributed by atoms with Gasteiger partial charge in [-0.2, -0.15) is 0 Å². The number of rotatable bonds is 3. The molecule has 0 aromatic heterocycles. The molecule has 0 radical (unpaired) electrons. The van der Waals surface area contributed by atoms with Crippen LogP contribution < -0.4 is 4.74 Å². The molecule has 28 heavy (non-hydrogen) atoms. The minimum absolute atomic E-state index is 0.0934. The summed E-state index contributed by atoms with van der Waals surface area (Å²) in [4.78, 5) is 18.5. The lowest BCUT2D eigenvalue weighted by Crippen LogP contribution is -2.61. The summed E-state index contributed by atoms with van der Waals surface area (Å²) in [7, 11) is 1.74. The number of fused-ring (bicyclic) bond motifs is 2. The molecule has 1 saturated carbocycles. The van der Waals surface area contributed by atoms with Crippen molar-refractivity contribution in [1.82, 2.24) is 9.80 Å². The Morgan fingerprint density at radius 1 is 1.04 bits per heavy atom. The highest BCUT2D eigenvalue weighted by Gasteiger charge is 2.55. The molecule has 1 amide bonds. The van der Waals surface area contributed by atoms with E-state index in [1.54, 1.807) is 7.11 Å². The van der Waals surface area contributed by atoms with Crippen LogP contribution in [0.4, 0.5) is 0 Å². The fourth-order valence-electron chi connectivity index (χ4n) is 6.48. The Morgan fingerprint density at radius 3 is 2.46 bits per heavy atom. The van der Waals surface area contributed by atoms with Crippen LogP contribution in [0.1, 0.15) is 50.0 Å². The van der Waals surface area contributed by atoms with Gasteiger partial charge in [0, 0.05) is 30.0 Å². The van der Waals surface area contributed by atoms with Crippen LogP contribution in [0.15, 0.2) is 24.3 Å². The molecule has 6 rings (SSSR count). The van der Waals surface area contributed by atoms with Gasteiger partial charge < -0.3 is 14.7 Å². The number of hydrogen-bond donors (Lipinski definition) is 1. The first kappa shape index (κ1) is 18.4. The van der Waals surface area contributed by atoms with Crippen LogP contribution in [0.5, 0.6) is 5.75 Å². The summed E-state index contributed by atoms with van der Waals surface area (Å²) in [5, 5.41) is 9.85. The van der Waals surface area contributed by atoms with Crippen LogP contribution in [-0.2, 0) is 4.79 Å². The maximum absolute atomic E-state index is 13.6. The molecule has 5 heteroatoms.